The van der Waals surface area contributed by atoms with Crippen molar-refractivity contribution in [3.63, 3.8) is 0 Å². The number of fused-ring (bicyclic) bond motifs is 1. The lowest BCUT2D eigenvalue weighted by Crippen LogP contribution is -2.20. The summed E-state index contributed by atoms with van der Waals surface area (Å²) in [5, 5.41) is 0. The number of halogens is 1. The van der Waals surface area contributed by atoms with Crippen LogP contribution in [0.25, 0.3) is 0 Å². The molecule has 1 atom stereocenters. The number of hydrogen-bond donors (Lipinski definition) is 0. The Morgan fingerprint density at radius 1 is 1.47 bits per heavy atom. The summed E-state index contributed by atoms with van der Waals surface area (Å²) in [7, 11) is 3.92. The zero-order valence-electron chi connectivity index (χ0n) is 8.66. The average Bonchev–Trinajstić information content (AvgIpc) is 2.42. The van der Waals surface area contributed by atoms with Crippen LogP contribution in [-0.4, -0.2) is 31.5 Å². The predicted molar refractivity (Wildman–Crippen MR) is 60.9 cm³/mol. The average molecular weight is 270 g/mol. The van der Waals surface area contributed by atoms with E-state index in [1.54, 1.807) is 6.07 Å². The number of rotatable bonds is 2. The summed E-state index contributed by atoms with van der Waals surface area (Å²) in [5.41, 5.74) is 1.66. The molecule has 0 N–H and O–H groups in total. The summed E-state index contributed by atoms with van der Waals surface area (Å²) < 4.78 is 6.27. The van der Waals surface area contributed by atoms with Crippen LogP contribution in [0.15, 0.2) is 22.7 Å². The topological polar surface area (TPSA) is 29.5 Å². The van der Waals surface area contributed by atoms with Gasteiger partial charge in [0, 0.05) is 16.6 Å². The van der Waals surface area contributed by atoms with Crippen molar-refractivity contribution < 1.29 is 9.53 Å². The molecule has 1 aromatic carbocycles. The molecule has 0 saturated heterocycles. The fraction of sp³-hybridized carbons (Fsp3) is 0.364. The number of benzene rings is 1. The first-order valence-electron chi connectivity index (χ1n) is 4.73. The second-order valence-corrected chi connectivity index (χ2v) is 4.80. The number of carbonyl (C=O) groups excluding carboxylic acids is 1. The molecule has 1 aliphatic rings. The normalized spacial score (nSPS) is 19.2. The lowest BCUT2D eigenvalue weighted by Gasteiger charge is -2.15. The van der Waals surface area contributed by atoms with Crippen molar-refractivity contribution in [3.8, 4) is 0 Å². The molecule has 0 fully saturated rings. The first kappa shape index (κ1) is 10.6. The number of nitrogens with zero attached hydrogens (tertiary/aromatic N) is 1. The van der Waals surface area contributed by atoms with Gasteiger partial charge in [-0.05, 0) is 32.3 Å². The van der Waals surface area contributed by atoms with E-state index in [0.29, 0.717) is 5.56 Å². The number of hydrogen-bond acceptors (Lipinski definition) is 3. The van der Waals surface area contributed by atoms with Crippen molar-refractivity contribution in [2.75, 3.05) is 20.6 Å². The number of likely N-dealkylation sites (N-methyl/N-ethyl adjacent to an activating group) is 1. The quantitative estimate of drug-likeness (QED) is 0.772. The fourth-order valence-electron chi connectivity index (χ4n) is 1.71. The molecule has 0 amide bonds. The van der Waals surface area contributed by atoms with E-state index in [4.69, 9.17) is 4.74 Å². The maximum atomic E-state index is 11.5. The van der Waals surface area contributed by atoms with Crippen LogP contribution in [0.5, 0.6) is 0 Å². The Hall–Kier alpha value is -0.870. The zero-order valence-corrected chi connectivity index (χ0v) is 10.2. The summed E-state index contributed by atoms with van der Waals surface area (Å²) in [6, 6.07) is 5.62. The highest BCUT2D eigenvalue weighted by atomic mass is 79.9. The Labute approximate surface area is 97.2 Å². The molecule has 15 heavy (non-hydrogen) atoms. The second kappa shape index (κ2) is 3.94. The van der Waals surface area contributed by atoms with Crippen LogP contribution < -0.4 is 0 Å². The SMILES string of the molecule is CN(C)CC1OC(=O)c2ccc(Br)cc21. The highest BCUT2D eigenvalue weighted by Crippen LogP contribution is 2.32. The van der Waals surface area contributed by atoms with Gasteiger partial charge in [0.05, 0.1) is 5.56 Å². The third-order valence-corrected chi connectivity index (χ3v) is 2.85. The molecule has 2 rings (SSSR count). The first-order valence-corrected chi connectivity index (χ1v) is 5.52. The van der Waals surface area contributed by atoms with E-state index in [1.165, 1.54) is 0 Å². The molecule has 0 bridgehead atoms. The van der Waals surface area contributed by atoms with Crippen LogP contribution in [0.3, 0.4) is 0 Å². The summed E-state index contributed by atoms with van der Waals surface area (Å²) >= 11 is 3.40. The molecular formula is C11H12BrNO2. The van der Waals surface area contributed by atoms with E-state index in [9.17, 15) is 4.79 Å². The Kier molecular flexibility index (Phi) is 2.80. The van der Waals surface area contributed by atoms with E-state index in [2.05, 4.69) is 15.9 Å². The van der Waals surface area contributed by atoms with Crippen molar-refractivity contribution in [1.82, 2.24) is 4.90 Å². The van der Waals surface area contributed by atoms with Crippen LogP contribution in [0, 0.1) is 0 Å². The van der Waals surface area contributed by atoms with Crippen LogP contribution in [0.1, 0.15) is 22.0 Å². The third kappa shape index (κ3) is 2.06. The Morgan fingerprint density at radius 3 is 2.87 bits per heavy atom. The van der Waals surface area contributed by atoms with E-state index in [0.717, 1.165) is 16.6 Å². The smallest absolute Gasteiger partial charge is 0.339 e. The van der Waals surface area contributed by atoms with Gasteiger partial charge in [0.15, 0.2) is 0 Å². The molecule has 80 valence electrons. The van der Waals surface area contributed by atoms with Crippen LogP contribution >= 0.6 is 15.9 Å². The molecule has 0 aromatic heterocycles. The summed E-state index contributed by atoms with van der Waals surface area (Å²) in [4.78, 5) is 13.5. The minimum atomic E-state index is -0.218. The lowest BCUT2D eigenvalue weighted by atomic mass is 10.1. The number of ether oxygens (including phenoxy) is 1. The molecule has 1 aliphatic heterocycles. The molecule has 0 radical (unpaired) electrons. The maximum Gasteiger partial charge on any atom is 0.339 e. The van der Waals surface area contributed by atoms with Crippen molar-refractivity contribution in [2.24, 2.45) is 0 Å². The largest absolute Gasteiger partial charge is 0.452 e. The Bertz CT molecular complexity index is 404. The highest BCUT2D eigenvalue weighted by molar-refractivity contribution is 9.10. The van der Waals surface area contributed by atoms with Gasteiger partial charge in [-0.1, -0.05) is 15.9 Å². The summed E-state index contributed by atoms with van der Waals surface area (Å²) in [5.74, 6) is -0.218. The fourth-order valence-corrected chi connectivity index (χ4v) is 2.09. The molecule has 4 heteroatoms. The van der Waals surface area contributed by atoms with E-state index in [1.807, 2.05) is 31.1 Å². The standard InChI is InChI=1S/C11H12BrNO2/c1-13(2)6-10-9-5-7(12)3-4-8(9)11(14)15-10/h3-5,10H,6H2,1-2H3. The van der Waals surface area contributed by atoms with Gasteiger partial charge in [-0.15, -0.1) is 0 Å². The second-order valence-electron chi connectivity index (χ2n) is 3.89. The van der Waals surface area contributed by atoms with Gasteiger partial charge in [0.1, 0.15) is 6.10 Å². The number of carbonyl (C=O) groups is 1. The summed E-state index contributed by atoms with van der Waals surface area (Å²) in [6.07, 6.45) is -0.139. The number of esters is 1. The highest BCUT2D eigenvalue weighted by Gasteiger charge is 2.31. The van der Waals surface area contributed by atoms with E-state index in [-0.39, 0.29) is 12.1 Å². The lowest BCUT2D eigenvalue weighted by molar-refractivity contribution is 0.0332. The van der Waals surface area contributed by atoms with Crippen LogP contribution in [0.2, 0.25) is 0 Å². The molecule has 1 unspecified atom stereocenters. The molecule has 0 spiro atoms. The monoisotopic (exact) mass is 269 g/mol. The zero-order chi connectivity index (χ0) is 11.0. The Morgan fingerprint density at radius 2 is 2.20 bits per heavy atom. The minimum absolute atomic E-state index is 0.139. The molecule has 0 aliphatic carbocycles. The molecule has 1 heterocycles. The molecule has 3 nitrogen and oxygen atoms in total. The van der Waals surface area contributed by atoms with Gasteiger partial charge in [-0.3, -0.25) is 0 Å². The Balaban J connectivity index is 2.35. The van der Waals surface area contributed by atoms with Crippen molar-refractivity contribution in [1.29, 1.82) is 0 Å². The maximum absolute atomic E-state index is 11.5. The van der Waals surface area contributed by atoms with Gasteiger partial charge in [0.25, 0.3) is 0 Å². The third-order valence-electron chi connectivity index (χ3n) is 2.36. The minimum Gasteiger partial charge on any atom is -0.452 e. The van der Waals surface area contributed by atoms with Crippen LogP contribution in [0.4, 0.5) is 0 Å². The van der Waals surface area contributed by atoms with Crippen LogP contribution in [-0.2, 0) is 4.74 Å². The molecule has 1 aromatic rings. The van der Waals surface area contributed by atoms with Gasteiger partial charge in [0.2, 0.25) is 0 Å². The molecular weight excluding hydrogens is 258 g/mol. The van der Waals surface area contributed by atoms with Gasteiger partial charge in [-0.25, -0.2) is 4.79 Å². The van der Waals surface area contributed by atoms with Gasteiger partial charge < -0.3 is 9.64 Å². The van der Waals surface area contributed by atoms with Gasteiger partial charge in [-0.2, -0.15) is 0 Å². The summed E-state index contributed by atoms with van der Waals surface area (Å²) in [6.45, 7) is 0.717. The van der Waals surface area contributed by atoms with E-state index < -0.39 is 0 Å². The number of cyclic esters (lactones) is 1. The van der Waals surface area contributed by atoms with Crippen molar-refractivity contribution in [3.05, 3.63) is 33.8 Å². The van der Waals surface area contributed by atoms with Crippen molar-refractivity contribution in [2.45, 2.75) is 6.10 Å². The van der Waals surface area contributed by atoms with Gasteiger partial charge >= 0.3 is 5.97 Å². The molecule has 0 saturated carbocycles. The van der Waals surface area contributed by atoms with Crippen molar-refractivity contribution >= 4 is 21.9 Å². The predicted octanol–water partition coefficient (Wildman–Crippen LogP) is 2.22. The van der Waals surface area contributed by atoms with E-state index >= 15 is 0 Å². The first-order chi connectivity index (χ1) is 7.08.